The van der Waals surface area contributed by atoms with Crippen LogP contribution in [0.4, 0.5) is 4.79 Å². The maximum Gasteiger partial charge on any atom is 0.410 e. The van der Waals surface area contributed by atoms with E-state index in [0.717, 1.165) is 25.2 Å². The molecule has 2 aromatic carbocycles. The fourth-order valence-corrected chi connectivity index (χ4v) is 6.42. The number of ether oxygens (including phenoxy) is 1. The average Bonchev–Trinajstić information content (AvgIpc) is 3.48. The monoisotopic (exact) mass is 399 g/mol. The fourth-order valence-electron chi connectivity index (χ4n) is 6.42. The van der Waals surface area contributed by atoms with E-state index < -0.39 is 0 Å². The van der Waals surface area contributed by atoms with Crippen molar-refractivity contribution in [3.05, 3.63) is 71.3 Å². The molecule has 2 aromatic rings. The Balaban J connectivity index is 1.19. The van der Waals surface area contributed by atoms with E-state index in [4.69, 9.17) is 4.74 Å². The lowest BCUT2D eigenvalue weighted by Gasteiger charge is -2.35. The first kappa shape index (κ1) is 18.2. The van der Waals surface area contributed by atoms with Crippen LogP contribution in [0.15, 0.2) is 60.2 Å². The lowest BCUT2D eigenvalue weighted by molar-refractivity contribution is 0.0843. The zero-order valence-corrected chi connectivity index (χ0v) is 17.4. The van der Waals surface area contributed by atoms with Gasteiger partial charge in [0.15, 0.2) is 0 Å². The van der Waals surface area contributed by atoms with Gasteiger partial charge in [0.1, 0.15) is 6.61 Å². The summed E-state index contributed by atoms with van der Waals surface area (Å²) >= 11 is 0. The Bertz CT molecular complexity index is 958. The normalized spacial score (nSPS) is 25.2. The predicted octanol–water partition coefficient (Wildman–Crippen LogP) is 6.29. The van der Waals surface area contributed by atoms with Gasteiger partial charge < -0.3 is 4.74 Å². The molecule has 2 fully saturated rings. The number of hydrogen-bond acceptors (Lipinski definition) is 2. The molecule has 2 unspecified atom stereocenters. The van der Waals surface area contributed by atoms with E-state index in [1.807, 2.05) is 4.90 Å². The lowest BCUT2D eigenvalue weighted by Crippen LogP contribution is -2.44. The van der Waals surface area contributed by atoms with E-state index >= 15 is 0 Å². The van der Waals surface area contributed by atoms with Crippen LogP contribution in [0, 0.1) is 5.92 Å². The molecule has 2 bridgehead atoms. The molecule has 30 heavy (non-hydrogen) atoms. The Labute approximate surface area is 178 Å². The van der Waals surface area contributed by atoms with Gasteiger partial charge in [-0.1, -0.05) is 73.0 Å². The highest BCUT2D eigenvalue weighted by Crippen LogP contribution is 2.45. The van der Waals surface area contributed by atoms with Gasteiger partial charge in [-0.15, -0.1) is 0 Å². The largest absolute Gasteiger partial charge is 0.448 e. The van der Waals surface area contributed by atoms with Crippen molar-refractivity contribution in [3.63, 3.8) is 0 Å². The van der Waals surface area contributed by atoms with Gasteiger partial charge in [-0.05, 0) is 60.3 Å². The van der Waals surface area contributed by atoms with Gasteiger partial charge in [0.05, 0.1) is 6.04 Å². The quantitative estimate of drug-likeness (QED) is 0.568. The molecular formula is C27H29NO2. The van der Waals surface area contributed by atoms with Crippen LogP contribution in [0.2, 0.25) is 0 Å². The minimum Gasteiger partial charge on any atom is -0.448 e. The average molecular weight is 400 g/mol. The maximum atomic E-state index is 13.1. The van der Waals surface area contributed by atoms with Gasteiger partial charge in [-0.3, -0.25) is 4.90 Å². The van der Waals surface area contributed by atoms with Crippen LogP contribution in [0.3, 0.4) is 0 Å². The van der Waals surface area contributed by atoms with E-state index in [9.17, 15) is 4.79 Å². The van der Waals surface area contributed by atoms with Crippen LogP contribution in [-0.4, -0.2) is 29.7 Å². The molecule has 2 aliphatic heterocycles. The smallest absolute Gasteiger partial charge is 0.410 e. The standard InChI is InChI=1S/C27H29NO2/c29-27(28-20-13-14-21(28)16-19(15-20)18-7-1-2-8-18)30-17-26-24-11-5-3-9-22(24)23-10-4-6-12-25(23)26/h3-6,9-12,15,18,20-21,26H,1-2,7-8,13-14,16-17H2. The highest BCUT2D eigenvalue weighted by molar-refractivity contribution is 5.79. The summed E-state index contributed by atoms with van der Waals surface area (Å²) in [4.78, 5) is 15.2. The van der Waals surface area contributed by atoms with E-state index in [1.165, 1.54) is 47.9 Å². The van der Waals surface area contributed by atoms with Crippen LogP contribution >= 0.6 is 0 Å². The van der Waals surface area contributed by atoms with E-state index in [0.29, 0.717) is 12.6 Å². The number of amides is 1. The molecule has 2 heterocycles. The van der Waals surface area contributed by atoms with Gasteiger partial charge in [0.25, 0.3) is 0 Å². The molecular weight excluding hydrogens is 370 g/mol. The summed E-state index contributed by atoms with van der Waals surface area (Å²) in [6.45, 7) is 0.419. The van der Waals surface area contributed by atoms with Gasteiger partial charge in [0.2, 0.25) is 0 Å². The molecule has 1 saturated heterocycles. The zero-order chi connectivity index (χ0) is 20.1. The predicted molar refractivity (Wildman–Crippen MR) is 118 cm³/mol. The third-order valence-corrected chi connectivity index (χ3v) is 7.85. The molecule has 0 radical (unpaired) electrons. The molecule has 2 aliphatic carbocycles. The summed E-state index contributed by atoms with van der Waals surface area (Å²) in [7, 11) is 0. The van der Waals surface area contributed by atoms with Crippen molar-refractivity contribution >= 4 is 6.09 Å². The third kappa shape index (κ3) is 2.90. The molecule has 4 aliphatic rings. The third-order valence-electron chi connectivity index (χ3n) is 7.85. The second-order valence-corrected chi connectivity index (χ2v) is 9.44. The van der Waals surface area contributed by atoms with Crippen molar-refractivity contribution < 1.29 is 9.53 Å². The lowest BCUT2D eigenvalue weighted by atomic mass is 9.89. The Kier molecular flexibility index (Phi) is 4.44. The van der Waals surface area contributed by atoms with Gasteiger partial charge in [-0.25, -0.2) is 4.79 Å². The molecule has 1 amide bonds. The fraction of sp³-hybridized carbons (Fsp3) is 0.444. The summed E-state index contributed by atoms with van der Waals surface area (Å²) in [6, 6.07) is 17.6. The number of hydrogen-bond donors (Lipinski definition) is 0. The number of benzene rings is 2. The molecule has 3 heteroatoms. The van der Waals surface area contributed by atoms with Crippen LogP contribution in [0.5, 0.6) is 0 Å². The first-order valence-corrected chi connectivity index (χ1v) is 11.6. The Hall–Kier alpha value is -2.55. The maximum absolute atomic E-state index is 13.1. The highest BCUT2D eigenvalue weighted by Gasteiger charge is 2.42. The highest BCUT2D eigenvalue weighted by atomic mass is 16.6. The van der Waals surface area contributed by atoms with Crippen LogP contribution in [0.25, 0.3) is 11.1 Å². The van der Waals surface area contributed by atoms with Gasteiger partial charge >= 0.3 is 6.09 Å². The summed E-state index contributed by atoms with van der Waals surface area (Å²) in [6.07, 6.45) is 11.0. The second kappa shape index (κ2) is 7.30. The van der Waals surface area contributed by atoms with Crippen molar-refractivity contribution in [3.8, 4) is 11.1 Å². The summed E-state index contributed by atoms with van der Waals surface area (Å²) < 4.78 is 5.98. The Morgan fingerprint density at radius 1 is 0.900 bits per heavy atom. The van der Waals surface area contributed by atoms with Crippen molar-refractivity contribution in [2.45, 2.75) is 62.9 Å². The molecule has 6 rings (SSSR count). The van der Waals surface area contributed by atoms with E-state index in [-0.39, 0.29) is 18.1 Å². The van der Waals surface area contributed by atoms with Gasteiger partial charge in [0, 0.05) is 12.0 Å². The molecule has 1 saturated carbocycles. The Morgan fingerprint density at radius 2 is 1.57 bits per heavy atom. The number of carbonyl (C=O) groups excluding carboxylic acids is 1. The van der Waals surface area contributed by atoms with E-state index in [1.54, 1.807) is 5.57 Å². The summed E-state index contributed by atoms with van der Waals surface area (Å²) in [5.41, 5.74) is 6.73. The first-order valence-electron chi connectivity index (χ1n) is 11.6. The van der Waals surface area contributed by atoms with Crippen molar-refractivity contribution in [1.29, 1.82) is 0 Å². The second-order valence-electron chi connectivity index (χ2n) is 9.44. The van der Waals surface area contributed by atoms with Crippen molar-refractivity contribution in [2.24, 2.45) is 5.92 Å². The minimum atomic E-state index is -0.119. The van der Waals surface area contributed by atoms with Crippen molar-refractivity contribution in [1.82, 2.24) is 4.90 Å². The molecule has 0 N–H and O–H groups in total. The number of rotatable bonds is 3. The molecule has 0 aromatic heterocycles. The minimum absolute atomic E-state index is 0.119. The van der Waals surface area contributed by atoms with Crippen molar-refractivity contribution in [2.75, 3.05) is 6.61 Å². The number of fused-ring (bicyclic) bond motifs is 5. The summed E-state index contributed by atoms with van der Waals surface area (Å²) in [5, 5.41) is 0. The van der Waals surface area contributed by atoms with Gasteiger partial charge in [-0.2, -0.15) is 0 Å². The molecule has 2 atom stereocenters. The molecule has 3 nitrogen and oxygen atoms in total. The first-order chi connectivity index (χ1) is 14.8. The SMILES string of the molecule is O=C(OCC1c2ccccc2-c2ccccc21)N1C2C=C(C3CCCC3)CC1CC2. The van der Waals surface area contributed by atoms with Crippen LogP contribution in [0.1, 0.15) is 62.0 Å². The Morgan fingerprint density at radius 3 is 2.23 bits per heavy atom. The van der Waals surface area contributed by atoms with Crippen LogP contribution in [-0.2, 0) is 4.74 Å². The molecule has 154 valence electrons. The molecule has 0 spiro atoms. The number of nitrogens with zero attached hydrogens (tertiary/aromatic N) is 1. The topological polar surface area (TPSA) is 29.5 Å². The number of carbonyl (C=O) groups is 1. The van der Waals surface area contributed by atoms with E-state index in [2.05, 4.69) is 54.6 Å². The zero-order valence-electron chi connectivity index (χ0n) is 17.4. The van der Waals surface area contributed by atoms with Crippen LogP contribution < -0.4 is 0 Å². The summed E-state index contributed by atoms with van der Waals surface area (Å²) in [5.74, 6) is 0.908.